The number of hydrogen-bond acceptors (Lipinski definition) is 3. The largest absolute Gasteiger partial charge is 0.378 e. The molecule has 102 valence electrons. The molecule has 1 aliphatic heterocycles. The van der Waals surface area contributed by atoms with E-state index in [1.807, 2.05) is 0 Å². The highest BCUT2D eigenvalue weighted by atomic mass is 16.5. The topological polar surface area (TPSA) is 29.5 Å². The summed E-state index contributed by atoms with van der Waals surface area (Å²) in [7, 11) is 0. The molecule has 1 aromatic carbocycles. The van der Waals surface area contributed by atoms with Crippen LogP contribution in [0, 0.1) is 0 Å². The number of nitrogens with zero attached hydrogens (tertiary/aromatic N) is 1. The number of carbonyl (C=O) groups excluding carboxylic acids is 1. The van der Waals surface area contributed by atoms with E-state index in [2.05, 4.69) is 35.7 Å². The van der Waals surface area contributed by atoms with E-state index in [1.54, 1.807) is 6.92 Å². The van der Waals surface area contributed by atoms with Crippen molar-refractivity contribution in [3.63, 3.8) is 0 Å². The Morgan fingerprint density at radius 3 is 2.42 bits per heavy atom. The van der Waals surface area contributed by atoms with Crippen molar-refractivity contribution in [1.82, 2.24) is 0 Å². The van der Waals surface area contributed by atoms with Crippen LogP contribution < -0.4 is 4.90 Å². The van der Waals surface area contributed by atoms with Gasteiger partial charge in [-0.15, -0.1) is 0 Å². The summed E-state index contributed by atoms with van der Waals surface area (Å²) in [5, 5.41) is 0. The quantitative estimate of drug-likeness (QED) is 0.814. The van der Waals surface area contributed by atoms with Gasteiger partial charge < -0.3 is 14.4 Å². The Morgan fingerprint density at radius 2 is 1.84 bits per heavy atom. The number of morpholine rings is 1. The molecular weight excluding hydrogens is 238 g/mol. The van der Waals surface area contributed by atoms with Gasteiger partial charge in [0.25, 0.3) is 0 Å². The fourth-order valence-electron chi connectivity index (χ4n) is 2.20. The minimum atomic E-state index is 0.214. The van der Waals surface area contributed by atoms with Gasteiger partial charge in [0.1, 0.15) is 5.78 Å². The van der Waals surface area contributed by atoms with Crippen LogP contribution in [0.25, 0.3) is 5.57 Å². The molecule has 0 amide bonds. The van der Waals surface area contributed by atoms with E-state index in [-0.39, 0.29) is 5.78 Å². The van der Waals surface area contributed by atoms with Gasteiger partial charge in [0, 0.05) is 25.2 Å². The van der Waals surface area contributed by atoms with Crippen molar-refractivity contribution in [2.24, 2.45) is 0 Å². The van der Waals surface area contributed by atoms with Crippen molar-refractivity contribution < 1.29 is 9.53 Å². The number of anilines is 1. The molecule has 0 radical (unpaired) electrons. The summed E-state index contributed by atoms with van der Waals surface area (Å²) in [5.41, 5.74) is 3.38. The van der Waals surface area contributed by atoms with Crippen LogP contribution in [0.2, 0.25) is 0 Å². The van der Waals surface area contributed by atoms with Crippen LogP contribution in [0.15, 0.2) is 30.8 Å². The Balaban J connectivity index is 1.97. The molecule has 0 aromatic heterocycles. The van der Waals surface area contributed by atoms with Gasteiger partial charge >= 0.3 is 0 Å². The number of Topliss-reactive ketones (excluding diaryl/α,β-unsaturated/α-hetero) is 1. The van der Waals surface area contributed by atoms with Crippen LogP contribution in [-0.2, 0) is 9.53 Å². The molecule has 0 N–H and O–H groups in total. The highest BCUT2D eigenvalue weighted by Crippen LogP contribution is 2.22. The molecular formula is C16H21NO2. The van der Waals surface area contributed by atoms with E-state index in [0.717, 1.165) is 43.9 Å². The maximum absolute atomic E-state index is 11.0. The van der Waals surface area contributed by atoms with Crippen LogP contribution in [0.5, 0.6) is 0 Å². The summed E-state index contributed by atoms with van der Waals surface area (Å²) in [5.74, 6) is 0.214. The van der Waals surface area contributed by atoms with Crippen LogP contribution in [0.4, 0.5) is 5.69 Å². The second kappa shape index (κ2) is 6.53. The predicted octanol–water partition coefficient (Wildman–Crippen LogP) is 2.91. The molecule has 1 fully saturated rings. The average Bonchev–Trinajstić information content (AvgIpc) is 2.46. The van der Waals surface area contributed by atoms with E-state index in [4.69, 9.17) is 4.74 Å². The number of benzene rings is 1. The number of ketones is 1. The van der Waals surface area contributed by atoms with Crippen LogP contribution in [0.3, 0.4) is 0 Å². The van der Waals surface area contributed by atoms with Gasteiger partial charge in [0.05, 0.1) is 13.2 Å². The third-order valence-electron chi connectivity index (χ3n) is 3.43. The number of rotatable bonds is 5. The minimum Gasteiger partial charge on any atom is -0.378 e. The molecule has 2 rings (SSSR count). The molecule has 0 unspecified atom stereocenters. The van der Waals surface area contributed by atoms with Crippen molar-refractivity contribution in [2.45, 2.75) is 19.8 Å². The van der Waals surface area contributed by atoms with Crippen molar-refractivity contribution in [2.75, 3.05) is 31.2 Å². The van der Waals surface area contributed by atoms with Crippen molar-refractivity contribution >= 4 is 17.0 Å². The zero-order chi connectivity index (χ0) is 13.7. The number of carbonyl (C=O) groups is 1. The fraction of sp³-hybridized carbons (Fsp3) is 0.438. The molecule has 0 bridgehead atoms. The molecule has 0 saturated carbocycles. The lowest BCUT2D eigenvalue weighted by atomic mass is 10.0. The average molecular weight is 259 g/mol. The molecule has 0 atom stereocenters. The van der Waals surface area contributed by atoms with Gasteiger partial charge in [-0.25, -0.2) is 0 Å². The van der Waals surface area contributed by atoms with Crippen LogP contribution in [0.1, 0.15) is 25.3 Å². The second-order valence-electron chi connectivity index (χ2n) is 4.95. The smallest absolute Gasteiger partial charge is 0.130 e. The summed E-state index contributed by atoms with van der Waals surface area (Å²) < 4.78 is 5.35. The predicted molar refractivity (Wildman–Crippen MR) is 78.4 cm³/mol. The second-order valence-corrected chi connectivity index (χ2v) is 4.95. The van der Waals surface area contributed by atoms with E-state index in [1.165, 1.54) is 5.69 Å². The lowest BCUT2D eigenvalue weighted by Gasteiger charge is -2.29. The molecule has 3 nitrogen and oxygen atoms in total. The SMILES string of the molecule is C=C(CCC(C)=O)c1ccc(N2CCOCC2)cc1. The summed E-state index contributed by atoms with van der Waals surface area (Å²) in [6, 6.07) is 8.43. The van der Waals surface area contributed by atoms with Crippen LogP contribution >= 0.6 is 0 Å². The molecule has 1 heterocycles. The van der Waals surface area contributed by atoms with Gasteiger partial charge in [0.15, 0.2) is 0 Å². The Bertz CT molecular complexity index is 444. The molecule has 1 aliphatic rings. The first-order valence-corrected chi connectivity index (χ1v) is 6.77. The van der Waals surface area contributed by atoms with Gasteiger partial charge in [-0.1, -0.05) is 18.7 Å². The third-order valence-corrected chi connectivity index (χ3v) is 3.43. The molecule has 0 spiro atoms. The first kappa shape index (κ1) is 13.8. The highest BCUT2D eigenvalue weighted by Gasteiger charge is 2.11. The third kappa shape index (κ3) is 3.93. The first-order chi connectivity index (χ1) is 9.16. The molecule has 19 heavy (non-hydrogen) atoms. The molecule has 1 aromatic rings. The van der Waals surface area contributed by atoms with E-state index < -0.39 is 0 Å². The highest BCUT2D eigenvalue weighted by molar-refractivity contribution is 5.78. The normalized spacial score (nSPS) is 15.3. The maximum atomic E-state index is 11.0. The summed E-state index contributed by atoms with van der Waals surface area (Å²) in [4.78, 5) is 13.3. The Labute approximate surface area is 114 Å². The van der Waals surface area contributed by atoms with E-state index >= 15 is 0 Å². The van der Waals surface area contributed by atoms with E-state index in [9.17, 15) is 4.79 Å². The van der Waals surface area contributed by atoms with Gasteiger partial charge in [-0.3, -0.25) is 0 Å². The molecule has 1 saturated heterocycles. The van der Waals surface area contributed by atoms with Gasteiger partial charge in [0.2, 0.25) is 0 Å². The Kier molecular flexibility index (Phi) is 4.74. The van der Waals surface area contributed by atoms with E-state index in [0.29, 0.717) is 6.42 Å². The summed E-state index contributed by atoms with van der Waals surface area (Å²) in [6.45, 7) is 9.17. The van der Waals surface area contributed by atoms with Gasteiger partial charge in [-0.05, 0) is 36.6 Å². The van der Waals surface area contributed by atoms with Crippen molar-refractivity contribution in [3.8, 4) is 0 Å². The van der Waals surface area contributed by atoms with Crippen molar-refractivity contribution in [1.29, 1.82) is 0 Å². The lowest BCUT2D eigenvalue weighted by Crippen LogP contribution is -2.36. The standard InChI is InChI=1S/C16H21NO2/c1-13(3-4-14(2)18)15-5-7-16(8-6-15)17-9-11-19-12-10-17/h5-8H,1,3-4,9-12H2,2H3. The van der Waals surface area contributed by atoms with Crippen molar-refractivity contribution in [3.05, 3.63) is 36.4 Å². The zero-order valence-corrected chi connectivity index (χ0v) is 11.5. The van der Waals surface area contributed by atoms with Gasteiger partial charge in [-0.2, -0.15) is 0 Å². The molecule has 3 heteroatoms. The molecule has 0 aliphatic carbocycles. The monoisotopic (exact) mass is 259 g/mol. The first-order valence-electron chi connectivity index (χ1n) is 6.77. The summed E-state index contributed by atoms with van der Waals surface area (Å²) >= 11 is 0. The Morgan fingerprint density at radius 1 is 1.21 bits per heavy atom. The number of allylic oxidation sites excluding steroid dienone is 1. The zero-order valence-electron chi connectivity index (χ0n) is 11.5. The summed E-state index contributed by atoms with van der Waals surface area (Å²) in [6.07, 6.45) is 1.32. The Hall–Kier alpha value is -1.61. The van der Waals surface area contributed by atoms with Crippen LogP contribution in [-0.4, -0.2) is 32.1 Å². The fourth-order valence-corrected chi connectivity index (χ4v) is 2.20. The number of hydrogen-bond donors (Lipinski definition) is 0. The lowest BCUT2D eigenvalue weighted by molar-refractivity contribution is -0.116. The number of ether oxygens (including phenoxy) is 1. The minimum absolute atomic E-state index is 0.214. The maximum Gasteiger partial charge on any atom is 0.130 e.